The summed E-state index contributed by atoms with van der Waals surface area (Å²) in [4.78, 5) is 14.0. The Morgan fingerprint density at radius 1 is 1.17 bits per heavy atom. The third-order valence-corrected chi connectivity index (χ3v) is 7.23. The van der Waals surface area contributed by atoms with Gasteiger partial charge in [-0.3, -0.25) is 0 Å². The van der Waals surface area contributed by atoms with Crippen LogP contribution in [0, 0.1) is 0 Å². The molecule has 1 atom stereocenters. The van der Waals surface area contributed by atoms with Gasteiger partial charge in [0, 0.05) is 25.0 Å². The maximum absolute atomic E-state index is 12.9. The molecule has 1 aromatic carbocycles. The molecule has 9 heteroatoms. The van der Waals surface area contributed by atoms with Gasteiger partial charge in [0.25, 0.3) is 0 Å². The van der Waals surface area contributed by atoms with Crippen molar-refractivity contribution in [1.29, 1.82) is 0 Å². The van der Waals surface area contributed by atoms with Gasteiger partial charge in [-0.2, -0.15) is 4.31 Å². The summed E-state index contributed by atoms with van der Waals surface area (Å²) < 4.78 is 32.6. The Kier molecular flexibility index (Phi) is 6.53. The molecule has 1 unspecified atom stereocenters. The van der Waals surface area contributed by atoms with E-state index >= 15 is 0 Å². The molecule has 0 N–H and O–H groups in total. The lowest BCUT2D eigenvalue weighted by atomic mass is 10.0. The van der Waals surface area contributed by atoms with Gasteiger partial charge in [0.2, 0.25) is 10.0 Å². The molecule has 160 valence electrons. The lowest BCUT2D eigenvalue weighted by Gasteiger charge is -2.28. The average Bonchev–Trinajstić information content (AvgIpc) is 3.08. The average molecular weight is 461 g/mol. The van der Waals surface area contributed by atoms with Gasteiger partial charge < -0.3 is 9.64 Å². The first-order valence-electron chi connectivity index (χ1n) is 9.61. The molecule has 2 aliphatic heterocycles. The van der Waals surface area contributed by atoms with Crippen molar-refractivity contribution in [2.75, 3.05) is 13.1 Å². The van der Waals surface area contributed by atoms with Gasteiger partial charge in [0.05, 0.1) is 16.1 Å². The van der Waals surface area contributed by atoms with Crippen molar-refractivity contribution in [1.82, 2.24) is 9.21 Å². The maximum Gasteiger partial charge on any atom is 0.410 e. The minimum atomic E-state index is -3.62. The number of benzene rings is 1. The molecule has 0 bridgehead atoms. The van der Waals surface area contributed by atoms with Crippen molar-refractivity contribution in [3.8, 4) is 0 Å². The number of ether oxygens (including phenoxy) is 1. The van der Waals surface area contributed by atoms with Crippen molar-refractivity contribution in [3.63, 3.8) is 0 Å². The van der Waals surface area contributed by atoms with Crippen LogP contribution in [0.1, 0.15) is 44.7 Å². The summed E-state index contributed by atoms with van der Waals surface area (Å²) in [6.45, 7) is 6.61. The molecule has 29 heavy (non-hydrogen) atoms. The predicted molar refractivity (Wildman–Crippen MR) is 115 cm³/mol. The number of hydrogen-bond acceptors (Lipinski definition) is 4. The fourth-order valence-electron chi connectivity index (χ4n) is 3.56. The summed E-state index contributed by atoms with van der Waals surface area (Å²) in [5.41, 5.74) is 1.28. The molecule has 1 aromatic rings. The lowest BCUT2D eigenvalue weighted by Crippen LogP contribution is -2.39. The first-order valence-corrected chi connectivity index (χ1v) is 11.9. The highest BCUT2D eigenvalue weighted by Gasteiger charge is 2.32. The highest BCUT2D eigenvalue weighted by Crippen LogP contribution is 2.30. The van der Waals surface area contributed by atoms with Crippen LogP contribution in [-0.2, 0) is 27.7 Å². The van der Waals surface area contributed by atoms with Crippen LogP contribution in [0.3, 0.4) is 0 Å². The van der Waals surface area contributed by atoms with Gasteiger partial charge in [-0.25, -0.2) is 13.2 Å². The quantitative estimate of drug-likeness (QED) is 0.660. The Morgan fingerprint density at radius 3 is 2.48 bits per heavy atom. The number of likely N-dealkylation sites (tertiary alicyclic amines) is 1. The van der Waals surface area contributed by atoms with Crippen LogP contribution in [0.4, 0.5) is 4.79 Å². The highest BCUT2D eigenvalue weighted by molar-refractivity contribution is 7.92. The zero-order chi connectivity index (χ0) is 21.4. The Balaban J connectivity index is 1.71. The van der Waals surface area contributed by atoms with Crippen LogP contribution in [0.25, 0.3) is 0 Å². The van der Waals surface area contributed by atoms with E-state index in [2.05, 4.69) is 0 Å². The molecule has 1 fully saturated rings. The second kappa shape index (κ2) is 8.46. The van der Waals surface area contributed by atoms with E-state index in [9.17, 15) is 13.2 Å². The molecule has 2 heterocycles. The molecular weight excluding hydrogens is 435 g/mol. The number of nitrogens with zero attached hydrogens (tertiary/aromatic N) is 2. The fourth-order valence-corrected chi connectivity index (χ4v) is 5.15. The van der Waals surface area contributed by atoms with Crippen molar-refractivity contribution in [2.45, 2.75) is 58.2 Å². The Bertz CT molecular complexity index is 925. The molecule has 0 aromatic heterocycles. The van der Waals surface area contributed by atoms with Crippen LogP contribution in [0.2, 0.25) is 10.0 Å². The monoisotopic (exact) mass is 460 g/mol. The molecule has 0 aliphatic carbocycles. The van der Waals surface area contributed by atoms with E-state index in [0.717, 1.165) is 17.5 Å². The number of carbonyl (C=O) groups is 1. The van der Waals surface area contributed by atoms with Crippen molar-refractivity contribution in [2.24, 2.45) is 0 Å². The molecule has 1 amide bonds. The zero-order valence-corrected chi connectivity index (χ0v) is 19.1. The summed E-state index contributed by atoms with van der Waals surface area (Å²) in [5, 5.41) is 2.10. The number of sulfonamides is 1. The van der Waals surface area contributed by atoms with Crippen LogP contribution < -0.4 is 0 Å². The van der Waals surface area contributed by atoms with Crippen molar-refractivity contribution in [3.05, 3.63) is 44.8 Å². The molecular formula is C20H26Cl2N2O4S. The number of rotatable bonds is 3. The first kappa shape index (κ1) is 22.4. The van der Waals surface area contributed by atoms with Crippen LogP contribution in [0.15, 0.2) is 23.6 Å². The van der Waals surface area contributed by atoms with Crippen molar-refractivity contribution < 1.29 is 17.9 Å². The van der Waals surface area contributed by atoms with Gasteiger partial charge in [-0.15, -0.1) is 0 Å². The summed E-state index contributed by atoms with van der Waals surface area (Å²) >= 11 is 12.1. The molecule has 2 aliphatic rings. The number of fused-ring (bicyclic) bond motifs is 1. The molecule has 0 saturated carbocycles. The topological polar surface area (TPSA) is 66.9 Å². The second-order valence-electron chi connectivity index (χ2n) is 8.38. The first-order chi connectivity index (χ1) is 13.5. The summed E-state index contributed by atoms with van der Waals surface area (Å²) in [6.07, 6.45) is 3.27. The van der Waals surface area contributed by atoms with Gasteiger partial charge in [-0.1, -0.05) is 23.2 Å². The van der Waals surface area contributed by atoms with Gasteiger partial charge in [-0.05, 0) is 69.4 Å². The predicted octanol–water partition coefficient (Wildman–Crippen LogP) is 4.59. The minimum absolute atomic E-state index is 0.249. The summed E-state index contributed by atoms with van der Waals surface area (Å²) in [5.74, 6) is 0. The van der Waals surface area contributed by atoms with E-state index in [-0.39, 0.29) is 12.6 Å². The third kappa shape index (κ3) is 5.45. The normalized spacial score (nSPS) is 20.9. The SMILES string of the molecule is CC(C)(C)OC(=O)N1CCCC1/C=C/S(=O)(=O)N1CCc2cc(Cl)c(Cl)cc2C1. The summed E-state index contributed by atoms with van der Waals surface area (Å²) in [7, 11) is -3.62. The third-order valence-electron chi connectivity index (χ3n) is 4.98. The van der Waals surface area contributed by atoms with E-state index < -0.39 is 21.7 Å². The lowest BCUT2D eigenvalue weighted by molar-refractivity contribution is 0.0256. The fraction of sp³-hybridized carbons (Fsp3) is 0.550. The maximum atomic E-state index is 12.9. The molecule has 1 saturated heterocycles. The molecule has 3 rings (SSSR count). The van der Waals surface area contributed by atoms with E-state index in [0.29, 0.717) is 36.0 Å². The Labute approximate surface area is 182 Å². The van der Waals surface area contributed by atoms with E-state index in [1.165, 1.54) is 9.71 Å². The summed E-state index contributed by atoms with van der Waals surface area (Å²) in [6, 6.07) is 3.24. The second-order valence-corrected chi connectivity index (χ2v) is 11.0. The zero-order valence-electron chi connectivity index (χ0n) is 16.8. The Morgan fingerprint density at radius 2 is 1.83 bits per heavy atom. The number of carbonyl (C=O) groups excluding carboxylic acids is 1. The standard InChI is InChI=1S/C20H26Cl2N2O4S/c1-20(2,3)28-19(25)24-8-4-5-16(24)7-10-29(26,27)23-9-6-14-11-17(21)18(22)12-15(14)13-23/h7,10-12,16H,4-6,8-9,13H2,1-3H3/b10-7+. The van der Waals surface area contributed by atoms with E-state index in [1.54, 1.807) is 23.1 Å². The van der Waals surface area contributed by atoms with E-state index in [4.69, 9.17) is 27.9 Å². The number of amides is 1. The van der Waals surface area contributed by atoms with Crippen molar-refractivity contribution >= 4 is 39.3 Å². The van der Waals surface area contributed by atoms with Crippen LogP contribution >= 0.6 is 23.2 Å². The van der Waals surface area contributed by atoms with E-state index in [1.807, 2.05) is 20.8 Å². The highest BCUT2D eigenvalue weighted by atomic mass is 35.5. The molecule has 6 nitrogen and oxygen atoms in total. The van der Waals surface area contributed by atoms with Gasteiger partial charge in [0.1, 0.15) is 5.60 Å². The molecule has 0 radical (unpaired) electrons. The number of halogens is 2. The van der Waals surface area contributed by atoms with Crippen LogP contribution in [-0.4, -0.2) is 48.4 Å². The van der Waals surface area contributed by atoms with Gasteiger partial charge in [0.15, 0.2) is 0 Å². The smallest absolute Gasteiger partial charge is 0.410 e. The largest absolute Gasteiger partial charge is 0.444 e. The van der Waals surface area contributed by atoms with Crippen LogP contribution in [0.5, 0.6) is 0 Å². The Hall–Kier alpha value is -1.28. The number of hydrogen-bond donors (Lipinski definition) is 0. The molecule has 0 spiro atoms. The minimum Gasteiger partial charge on any atom is -0.444 e. The van der Waals surface area contributed by atoms with Gasteiger partial charge >= 0.3 is 6.09 Å².